The van der Waals surface area contributed by atoms with Crippen molar-refractivity contribution in [2.45, 2.75) is 51.0 Å². The van der Waals surface area contributed by atoms with Crippen LogP contribution in [0.1, 0.15) is 44.1 Å². The predicted octanol–water partition coefficient (Wildman–Crippen LogP) is 2.85. The van der Waals surface area contributed by atoms with Crippen LogP contribution in [0.3, 0.4) is 0 Å². The minimum atomic E-state index is -0.273. The molecule has 0 spiro atoms. The fourth-order valence-electron chi connectivity index (χ4n) is 2.65. The zero-order chi connectivity index (χ0) is 12.8. The first-order valence-corrected chi connectivity index (χ1v) is 6.88. The normalized spacial score (nSPS) is 17.1. The number of carbonyl (C=O) groups is 1. The molecular weight excluding hydrogens is 224 g/mol. The summed E-state index contributed by atoms with van der Waals surface area (Å²) < 4.78 is 0. The highest BCUT2D eigenvalue weighted by atomic mass is 16.1. The summed E-state index contributed by atoms with van der Waals surface area (Å²) in [5, 5.41) is 3.59. The Balaban J connectivity index is 2.04. The van der Waals surface area contributed by atoms with E-state index in [9.17, 15) is 4.79 Å². The number of rotatable bonds is 4. The molecule has 18 heavy (non-hydrogen) atoms. The fraction of sp³-hybridized carbons (Fsp3) is 0.533. The largest absolute Gasteiger partial charge is 0.382 e. The number of nitrogens with one attached hydrogen (secondary N) is 1. The van der Waals surface area contributed by atoms with E-state index in [0.29, 0.717) is 12.5 Å². The third-order valence-corrected chi connectivity index (χ3v) is 3.60. The maximum absolute atomic E-state index is 11.1. The van der Waals surface area contributed by atoms with Crippen LogP contribution in [-0.4, -0.2) is 11.9 Å². The molecule has 2 rings (SSSR count). The molecule has 0 aliphatic heterocycles. The standard InChI is InChI=1S/C15H22N2O/c16-15(18)11-12-7-5-6-10-14(12)17-13-8-3-1-2-4-9-13/h5-7,10,13,17H,1-4,8-9,11H2,(H2,16,18). The van der Waals surface area contributed by atoms with Gasteiger partial charge in [-0.25, -0.2) is 0 Å². The van der Waals surface area contributed by atoms with Crippen molar-refractivity contribution in [3.8, 4) is 0 Å². The number of para-hydroxylation sites is 1. The summed E-state index contributed by atoms with van der Waals surface area (Å²) in [5.74, 6) is -0.273. The molecule has 1 saturated carbocycles. The lowest BCUT2D eigenvalue weighted by Gasteiger charge is -2.19. The van der Waals surface area contributed by atoms with Gasteiger partial charge in [0.25, 0.3) is 0 Å². The summed E-state index contributed by atoms with van der Waals surface area (Å²) in [7, 11) is 0. The first-order valence-electron chi connectivity index (χ1n) is 6.88. The quantitative estimate of drug-likeness (QED) is 0.803. The molecule has 0 aromatic heterocycles. The molecule has 0 unspecified atom stereocenters. The van der Waals surface area contributed by atoms with Crippen molar-refractivity contribution < 1.29 is 4.79 Å². The second kappa shape index (κ2) is 6.43. The number of primary amides is 1. The van der Waals surface area contributed by atoms with Gasteiger partial charge in [-0.05, 0) is 24.5 Å². The minimum absolute atomic E-state index is 0.273. The van der Waals surface area contributed by atoms with Gasteiger partial charge >= 0.3 is 0 Å². The van der Waals surface area contributed by atoms with Gasteiger partial charge in [-0.1, -0.05) is 43.9 Å². The predicted molar refractivity (Wildman–Crippen MR) is 74.5 cm³/mol. The van der Waals surface area contributed by atoms with E-state index in [0.717, 1.165) is 11.3 Å². The Labute approximate surface area is 109 Å². The van der Waals surface area contributed by atoms with Gasteiger partial charge in [0.1, 0.15) is 0 Å². The Morgan fingerprint density at radius 1 is 1.17 bits per heavy atom. The number of hydrogen-bond acceptors (Lipinski definition) is 2. The SMILES string of the molecule is NC(=O)Cc1ccccc1NC1CCCCCC1. The monoisotopic (exact) mass is 246 g/mol. The lowest BCUT2D eigenvalue weighted by Crippen LogP contribution is -2.21. The Hall–Kier alpha value is -1.51. The van der Waals surface area contributed by atoms with Crippen LogP contribution < -0.4 is 11.1 Å². The molecule has 0 radical (unpaired) electrons. The van der Waals surface area contributed by atoms with E-state index in [-0.39, 0.29) is 5.91 Å². The molecule has 0 bridgehead atoms. The van der Waals surface area contributed by atoms with Crippen molar-refractivity contribution in [2.75, 3.05) is 5.32 Å². The molecule has 1 fully saturated rings. The van der Waals surface area contributed by atoms with Crippen LogP contribution in [0.2, 0.25) is 0 Å². The van der Waals surface area contributed by atoms with Crippen molar-refractivity contribution >= 4 is 11.6 Å². The highest BCUT2D eigenvalue weighted by Gasteiger charge is 2.13. The molecular formula is C15H22N2O. The van der Waals surface area contributed by atoms with E-state index >= 15 is 0 Å². The van der Waals surface area contributed by atoms with Crippen LogP contribution >= 0.6 is 0 Å². The first-order chi connectivity index (χ1) is 8.75. The van der Waals surface area contributed by atoms with Crippen molar-refractivity contribution in [1.29, 1.82) is 0 Å². The van der Waals surface area contributed by atoms with Crippen LogP contribution in [0.4, 0.5) is 5.69 Å². The highest BCUT2D eigenvalue weighted by molar-refractivity contribution is 5.78. The first kappa shape index (κ1) is 12.9. The van der Waals surface area contributed by atoms with Gasteiger partial charge in [0, 0.05) is 11.7 Å². The summed E-state index contributed by atoms with van der Waals surface area (Å²) in [6, 6.07) is 8.52. The average molecular weight is 246 g/mol. The van der Waals surface area contributed by atoms with E-state index in [2.05, 4.69) is 5.32 Å². The molecule has 1 aromatic carbocycles. The highest BCUT2D eigenvalue weighted by Crippen LogP contribution is 2.23. The van der Waals surface area contributed by atoms with Gasteiger partial charge in [0.2, 0.25) is 5.91 Å². The second-order valence-electron chi connectivity index (χ2n) is 5.13. The molecule has 1 aliphatic rings. The third-order valence-electron chi connectivity index (χ3n) is 3.60. The molecule has 1 aliphatic carbocycles. The fourth-order valence-corrected chi connectivity index (χ4v) is 2.65. The van der Waals surface area contributed by atoms with Crippen LogP contribution in [0.25, 0.3) is 0 Å². The van der Waals surface area contributed by atoms with Gasteiger partial charge < -0.3 is 11.1 Å². The zero-order valence-corrected chi connectivity index (χ0v) is 10.8. The number of nitrogens with two attached hydrogens (primary N) is 1. The van der Waals surface area contributed by atoms with Crippen molar-refractivity contribution in [2.24, 2.45) is 5.73 Å². The lowest BCUT2D eigenvalue weighted by atomic mass is 10.1. The van der Waals surface area contributed by atoms with Crippen LogP contribution in [0.15, 0.2) is 24.3 Å². The van der Waals surface area contributed by atoms with E-state index in [1.54, 1.807) is 0 Å². The summed E-state index contributed by atoms with van der Waals surface area (Å²) in [5.41, 5.74) is 7.37. The van der Waals surface area contributed by atoms with Gasteiger partial charge in [-0.2, -0.15) is 0 Å². The van der Waals surface area contributed by atoms with Crippen molar-refractivity contribution in [1.82, 2.24) is 0 Å². The second-order valence-corrected chi connectivity index (χ2v) is 5.13. The van der Waals surface area contributed by atoms with Gasteiger partial charge in [-0.15, -0.1) is 0 Å². The van der Waals surface area contributed by atoms with E-state index < -0.39 is 0 Å². The number of hydrogen-bond donors (Lipinski definition) is 2. The molecule has 0 atom stereocenters. The van der Waals surface area contributed by atoms with E-state index in [1.807, 2.05) is 24.3 Å². The smallest absolute Gasteiger partial charge is 0.221 e. The summed E-state index contributed by atoms with van der Waals surface area (Å²) in [4.78, 5) is 11.1. The Bertz CT molecular complexity index is 395. The Morgan fingerprint density at radius 2 is 1.83 bits per heavy atom. The molecule has 3 nitrogen and oxygen atoms in total. The molecule has 1 amide bonds. The van der Waals surface area contributed by atoms with Gasteiger partial charge in [0.15, 0.2) is 0 Å². The maximum Gasteiger partial charge on any atom is 0.221 e. The Morgan fingerprint density at radius 3 is 2.50 bits per heavy atom. The van der Waals surface area contributed by atoms with E-state index in [1.165, 1.54) is 38.5 Å². The van der Waals surface area contributed by atoms with Crippen molar-refractivity contribution in [3.05, 3.63) is 29.8 Å². The molecule has 1 aromatic rings. The maximum atomic E-state index is 11.1. The Kier molecular flexibility index (Phi) is 4.62. The van der Waals surface area contributed by atoms with Crippen LogP contribution in [0.5, 0.6) is 0 Å². The number of anilines is 1. The summed E-state index contributed by atoms with van der Waals surface area (Å²) in [6.07, 6.45) is 8.07. The number of amides is 1. The lowest BCUT2D eigenvalue weighted by molar-refractivity contribution is -0.117. The van der Waals surface area contributed by atoms with Crippen LogP contribution in [0, 0.1) is 0 Å². The average Bonchev–Trinajstić information content (AvgIpc) is 2.60. The molecule has 0 saturated heterocycles. The third kappa shape index (κ3) is 3.76. The molecule has 3 N–H and O–H groups in total. The molecule has 98 valence electrons. The summed E-state index contributed by atoms with van der Waals surface area (Å²) in [6.45, 7) is 0. The number of benzene rings is 1. The van der Waals surface area contributed by atoms with Gasteiger partial charge in [-0.3, -0.25) is 4.79 Å². The minimum Gasteiger partial charge on any atom is -0.382 e. The topological polar surface area (TPSA) is 55.1 Å². The zero-order valence-electron chi connectivity index (χ0n) is 10.8. The van der Waals surface area contributed by atoms with Gasteiger partial charge in [0.05, 0.1) is 6.42 Å². The van der Waals surface area contributed by atoms with Crippen molar-refractivity contribution in [3.63, 3.8) is 0 Å². The molecule has 3 heteroatoms. The number of carbonyl (C=O) groups excluding carboxylic acids is 1. The van der Waals surface area contributed by atoms with Crippen LogP contribution in [-0.2, 0) is 11.2 Å². The van der Waals surface area contributed by atoms with E-state index in [4.69, 9.17) is 5.73 Å². The summed E-state index contributed by atoms with van der Waals surface area (Å²) >= 11 is 0. The molecule has 0 heterocycles.